The fourth-order valence-corrected chi connectivity index (χ4v) is 2.02. The van der Waals surface area contributed by atoms with E-state index in [0.717, 1.165) is 5.56 Å². The van der Waals surface area contributed by atoms with Crippen LogP contribution in [0.15, 0.2) is 30.6 Å². The molecule has 0 fully saturated rings. The Kier molecular flexibility index (Phi) is 3.59. The molecule has 1 aromatic heterocycles. The first-order valence-corrected chi connectivity index (χ1v) is 5.74. The van der Waals surface area contributed by atoms with Crippen LogP contribution in [0.4, 0.5) is 0 Å². The van der Waals surface area contributed by atoms with Crippen LogP contribution in [0.5, 0.6) is 0 Å². The predicted octanol–water partition coefficient (Wildman–Crippen LogP) is 2.67. The molecule has 20 heavy (non-hydrogen) atoms. The predicted molar refractivity (Wildman–Crippen MR) is 81.4 cm³/mol. The molecular weight excluding hydrogens is 242 g/mol. The number of benzene rings is 1. The molecule has 1 heteroatoms. The van der Waals surface area contributed by atoms with Gasteiger partial charge in [-0.2, -0.15) is 0 Å². The third kappa shape index (κ3) is 2.02. The fourth-order valence-electron chi connectivity index (χ4n) is 2.02. The molecule has 1 nitrogen and oxygen atoms in total. The maximum atomic E-state index is 5.60. The highest BCUT2D eigenvalue weighted by Gasteiger charge is 2.15. The Bertz CT molecular complexity index is 779. The summed E-state index contributed by atoms with van der Waals surface area (Å²) in [5.74, 6) is 10.3. The highest BCUT2D eigenvalue weighted by Crippen LogP contribution is 2.31. The highest BCUT2D eigenvalue weighted by molar-refractivity contribution is 5.82. The summed E-state index contributed by atoms with van der Waals surface area (Å²) in [5.41, 5.74) is 3.82. The number of terminal acetylenes is 4. The molecule has 0 amide bonds. The van der Waals surface area contributed by atoms with Crippen molar-refractivity contribution in [1.82, 2.24) is 4.98 Å². The smallest absolute Gasteiger partial charge is 0.0491 e. The van der Waals surface area contributed by atoms with E-state index in [2.05, 4.69) is 28.7 Å². The maximum Gasteiger partial charge on any atom is 0.0491 e. The number of hydrogen-bond donors (Lipinski definition) is 0. The fraction of sp³-hybridized carbons (Fsp3) is 0. The van der Waals surface area contributed by atoms with E-state index in [1.165, 1.54) is 0 Å². The van der Waals surface area contributed by atoms with Gasteiger partial charge in [0.15, 0.2) is 0 Å². The number of pyridine rings is 1. The molecule has 0 bridgehead atoms. The van der Waals surface area contributed by atoms with Gasteiger partial charge < -0.3 is 0 Å². The summed E-state index contributed by atoms with van der Waals surface area (Å²) in [7, 11) is 0. The van der Waals surface area contributed by atoms with Gasteiger partial charge in [-0.1, -0.05) is 23.7 Å². The van der Waals surface area contributed by atoms with E-state index in [-0.39, 0.29) is 0 Å². The second-order valence-electron chi connectivity index (χ2n) is 3.91. The SMILES string of the molecule is C#Cc1cc(C#C)c(C#C)c(-c2ccncc2)c1C#C. The van der Waals surface area contributed by atoms with E-state index in [1.807, 2.05) is 12.1 Å². The minimum absolute atomic E-state index is 0.561. The number of nitrogens with zero attached hydrogens (tertiary/aromatic N) is 1. The lowest BCUT2D eigenvalue weighted by atomic mass is 9.88. The zero-order chi connectivity index (χ0) is 14.5. The molecule has 0 aliphatic rings. The third-order valence-corrected chi connectivity index (χ3v) is 2.90. The zero-order valence-electron chi connectivity index (χ0n) is 10.6. The molecule has 1 aromatic carbocycles. The molecule has 0 spiro atoms. The number of hydrogen-bond acceptors (Lipinski definition) is 1. The quantitative estimate of drug-likeness (QED) is 0.710. The van der Waals surface area contributed by atoms with Crippen molar-refractivity contribution in [2.24, 2.45) is 0 Å². The van der Waals surface area contributed by atoms with Crippen LogP contribution >= 0.6 is 0 Å². The summed E-state index contributed by atoms with van der Waals surface area (Å²) in [5, 5.41) is 0. The van der Waals surface area contributed by atoms with Gasteiger partial charge in [-0.15, -0.1) is 25.7 Å². The van der Waals surface area contributed by atoms with Crippen molar-refractivity contribution in [3.8, 4) is 60.5 Å². The van der Waals surface area contributed by atoms with E-state index >= 15 is 0 Å². The van der Waals surface area contributed by atoms with Gasteiger partial charge in [0.25, 0.3) is 0 Å². The summed E-state index contributed by atoms with van der Waals surface area (Å²) >= 11 is 0. The summed E-state index contributed by atoms with van der Waals surface area (Å²) in [6.45, 7) is 0. The average Bonchev–Trinajstić information content (AvgIpc) is 2.53. The van der Waals surface area contributed by atoms with Crippen LogP contribution in [-0.2, 0) is 0 Å². The van der Waals surface area contributed by atoms with Crippen LogP contribution < -0.4 is 0 Å². The zero-order valence-corrected chi connectivity index (χ0v) is 10.6. The monoisotopic (exact) mass is 251 g/mol. The molecule has 2 rings (SSSR count). The summed E-state index contributed by atoms with van der Waals surface area (Å²) in [6.07, 6.45) is 25.5. The van der Waals surface area contributed by atoms with Gasteiger partial charge in [-0.25, -0.2) is 0 Å². The van der Waals surface area contributed by atoms with Crippen molar-refractivity contribution < 1.29 is 0 Å². The molecular formula is C19H9N. The molecule has 90 valence electrons. The number of rotatable bonds is 1. The third-order valence-electron chi connectivity index (χ3n) is 2.90. The molecule has 0 aliphatic heterocycles. The molecule has 0 aliphatic carbocycles. The van der Waals surface area contributed by atoms with Crippen LogP contribution in [-0.4, -0.2) is 4.98 Å². The first-order valence-electron chi connectivity index (χ1n) is 5.74. The van der Waals surface area contributed by atoms with E-state index in [1.54, 1.807) is 18.5 Å². The minimum atomic E-state index is 0.561. The average molecular weight is 251 g/mol. The van der Waals surface area contributed by atoms with Gasteiger partial charge in [-0.05, 0) is 23.8 Å². The largest absolute Gasteiger partial charge is 0.265 e. The van der Waals surface area contributed by atoms with E-state index in [0.29, 0.717) is 27.8 Å². The Morgan fingerprint density at radius 3 is 1.65 bits per heavy atom. The van der Waals surface area contributed by atoms with E-state index in [9.17, 15) is 0 Å². The normalized spacial score (nSPS) is 8.80. The standard InChI is InChI=1S/C19H9N/c1-5-14-13-15(6-2)18(8-4)19(17(14)7-3)16-9-11-20-12-10-16/h1-4,9-13H. The van der Waals surface area contributed by atoms with Gasteiger partial charge in [0.05, 0.1) is 0 Å². The van der Waals surface area contributed by atoms with Crippen molar-refractivity contribution in [3.63, 3.8) is 0 Å². The van der Waals surface area contributed by atoms with Gasteiger partial charge in [0.2, 0.25) is 0 Å². The second kappa shape index (κ2) is 5.50. The summed E-state index contributed by atoms with van der Waals surface area (Å²) in [6, 6.07) is 5.31. The van der Waals surface area contributed by atoms with Crippen molar-refractivity contribution in [2.45, 2.75) is 0 Å². The van der Waals surface area contributed by atoms with Gasteiger partial charge in [0, 0.05) is 40.2 Å². The molecule has 0 unspecified atom stereocenters. The highest BCUT2D eigenvalue weighted by atomic mass is 14.6. The molecule has 0 saturated heterocycles. The van der Waals surface area contributed by atoms with Crippen molar-refractivity contribution in [3.05, 3.63) is 52.8 Å². The van der Waals surface area contributed by atoms with Crippen LogP contribution in [0.2, 0.25) is 0 Å². The van der Waals surface area contributed by atoms with Crippen molar-refractivity contribution in [2.75, 3.05) is 0 Å². The molecule has 0 N–H and O–H groups in total. The van der Waals surface area contributed by atoms with E-state index in [4.69, 9.17) is 25.7 Å². The summed E-state index contributed by atoms with van der Waals surface area (Å²) < 4.78 is 0. The van der Waals surface area contributed by atoms with Crippen LogP contribution in [0, 0.1) is 49.4 Å². The Morgan fingerprint density at radius 1 is 0.750 bits per heavy atom. The first-order chi connectivity index (χ1) is 9.76. The van der Waals surface area contributed by atoms with Gasteiger partial charge in [0.1, 0.15) is 0 Å². The van der Waals surface area contributed by atoms with Crippen LogP contribution in [0.1, 0.15) is 22.3 Å². The molecule has 0 atom stereocenters. The lowest BCUT2D eigenvalue weighted by molar-refractivity contribution is 1.33. The minimum Gasteiger partial charge on any atom is -0.265 e. The van der Waals surface area contributed by atoms with Crippen LogP contribution in [0.3, 0.4) is 0 Å². The summed E-state index contributed by atoms with van der Waals surface area (Å²) in [4.78, 5) is 3.98. The van der Waals surface area contributed by atoms with Gasteiger partial charge in [-0.3, -0.25) is 4.98 Å². The topological polar surface area (TPSA) is 12.9 Å². The van der Waals surface area contributed by atoms with Gasteiger partial charge >= 0.3 is 0 Å². The maximum absolute atomic E-state index is 5.60. The Balaban J connectivity index is 2.99. The lowest BCUT2D eigenvalue weighted by Crippen LogP contribution is -1.98. The van der Waals surface area contributed by atoms with Crippen molar-refractivity contribution in [1.29, 1.82) is 0 Å². The molecule has 1 heterocycles. The molecule has 2 aromatic rings. The molecule has 0 saturated carbocycles. The lowest BCUT2D eigenvalue weighted by Gasteiger charge is -2.12. The molecule has 0 radical (unpaired) electrons. The first kappa shape index (κ1) is 13.1. The second-order valence-corrected chi connectivity index (χ2v) is 3.91. The van der Waals surface area contributed by atoms with Crippen molar-refractivity contribution >= 4 is 0 Å². The Hall–Kier alpha value is -3.39. The van der Waals surface area contributed by atoms with Crippen LogP contribution in [0.25, 0.3) is 11.1 Å². The Morgan fingerprint density at radius 2 is 1.25 bits per heavy atom. The number of aromatic nitrogens is 1. The Labute approximate surface area is 119 Å². The van der Waals surface area contributed by atoms with E-state index < -0.39 is 0 Å².